The van der Waals surface area contributed by atoms with Gasteiger partial charge in [0.2, 0.25) is 0 Å². The third-order valence-electron chi connectivity index (χ3n) is 4.50. The lowest BCUT2D eigenvalue weighted by atomic mass is 9.85. The fourth-order valence-corrected chi connectivity index (χ4v) is 3.13. The standard InChI is InChI=1S/C17H29NO/c1-14(8-9-16-7-5-13-19-16)18-15-6-4-11-17(2,3)12-10-15/h5,7,13-15,18H,4,6,8-12H2,1-3H3. The zero-order valence-electron chi connectivity index (χ0n) is 12.7. The molecule has 1 fully saturated rings. The van der Waals surface area contributed by atoms with Crippen molar-refractivity contribution in [1.82, 2.24) is 5.32 Å². The van der Waals surface area contributed by atoms with Crippen LogP contribution in [0.15, 0.2) is 22.8 Å². The number of furan rings is 1. The van der Waals surface area contributed by atoms with Crippen molar-refractivity contribution in [3.05, 3.63) is 24.2 Å². The van der Waals surface area contributed by atoms with Crippen molar-refractivity contribution < 1.29 is 4.42 Å². The summed E-state index contributed by atoms with van der Waals surface area (Å²) in [5.41, 5.74) is 0.549. The van der Waals surface area contributed by atoms with Gasteiger partial charge in [-0.05, 0) is 56.6 Å². The number of nitrogens with one attached hydrogen (secondary N) is 1. The average molecular weight is 263 g/mol. The van der Waals surface area contributed by atoms with Crippen LogP contribution < -0.4 is 5.32 Å². The lowest BCUT2D eigenvalue weighted by molar-refractivity contribution is 0.306. The Kier molecular flexibility index (Phi) is 5.09. The molecule has 1 aromatic heterocycles. The first-order valence-electron chi connectivity index (χ1n) is 7.84. The Hall–Kier alpha value is -0.760. The summed E-state index contributed by atoms with van der Waals surface area (Å²) < 4.78 is 5.39. The molecule has 0 aromatic carbocycles. The first-order valence-corrected chi connectivity index (χ1v) is 7.84. The lowest BCUT2D eigenvalue weighted by Crippen LogP contribution is -2.36. The highest BCUT2D eigenvalue weighted by Crippen LogP contribution is 2.33. The SMILES string of the molecule is CC(CCc1ccco1)NC1CCCC(C)(C)CC1. The van der Waals surface area contributed by atoms with Gasteiger partial charge in [0.15, 0.2) is 0 Å². The van der Waals surface area contributed by atoms with Crippen molar-refractivity contribution in [2.75, 3.05) is 0 Å². The van der Waals surface area contributed by atoms with Crippen LogP contribution in [0.1, 0.15) is 65.1 Å². The van der Waals surface area contributed by atoms with Crippen LogP contribution in [0.4, 0.5) is 0 Å². The van der Waals surface area contributed by atoms with Crippen LogP contribution in [0.3, 0.4) is 0 Å². The molecule has 0 aliphatic heterocycles. The predicted molar refractivity (Wildman–Crippen MR) is 80.3 cm³/mol. The summed E-state index contributed by atoms with van der Waals surface area (Å²) in [7, 11) is 0. The highest BCUT2D eigenvalue weighted by Gasteiger charge is 2.24. The Labute approximate surface area is 118 Å². The smallest absolute Gasteiger partial charge is 0.103 e. The first kappa shape index (κ1) is 14.6. The van der Waals surface area contributed by atoms with Crippen molar-refractivity contribution in [1.29, 1.82) is 0 Å². The highest BCUT2D eigenvalue weighted by molar-refractivity contribution is 4.98. The topological polar surface area (TPSA) is 25.2 Å². The minimum Gasteiger partial charge on any atom is -0.469 e. The number of hydrogen-bond acceptors (Lipinski definition) is 2. The summed E-state index contributed by atoms with van der Waals surface area (Å²) in [4.78, 5) is 0. The van der Waals surface area contributed by atoms with Crippen molar-refractivity contribution in [3.8, 4) is 0 Å². The molecule has 1 heterocycles. The lowest BCUT2D eigenvalue weighted by Gasteiger charge is -2.24. The van der Waals surface area contributed by atoms with Crippen LogP contribution in [0, 0.1) is 5.41 Å². The molecule has 1 aliphatic carbocycles. The molecular weight excluding hydrogens is 234 g/mol. The maximum atomic E-state index is 5.39. The van der Waals surface area contributed by atoms with Crippen LogP contribution in [0.5, 0.6) is 0 Å². The van der Waals surface area contributed by atoms with Crippen LogP contribution >= 0.6 is 0 Å². The Balaban J connectivity index is 1.71. The van der Waals surface area contributed by atoms with Crippen molar-refractivity contribution >= 4 is 0 Å². The molecule has 2 heteroatoms. The van der Waals surface area contributed by atoms with Crippen molar-refractivity contribution in [3.63, 3.8) is 0 Å². The molecule has 0 saturated heterocycles. The van der Waals surface area contributed by atoms with Gasteiger partial charge in [-0.1, -0.05) is 20.3 Å². The van der Waals surface area contributed by atoms with Gasteiger partial charge in [0.25, 0.3) is 0 Å². The molecule has 2 atom stereocenters. The summed E-state index contributed by atoms with van der Waals surface area (Å²) in [5.74, 6) is 1.11. The molecule has 108 valence electrons. The van der Waals surface area contributed by atoms with Gasteiger partial charge in [0.1, 0.15) is 5.76 Å². The molecule has 2 rings (SSSR count). The molecule has 1 aromatic rings. The molecule has 1 N–H and O–H groups in total. The molecule has 2 unspecified atom stereocenters. The van der Waals surface area contributed by atoms with Crippen molar-refractivity contribution in [2.45, 2.75) is 77.8 Å². The third-order valence-corrected chi connectivity index (χ3v) is 4.50. The summed E-state index contributed by atoms with van der Waals surface area (Å²) in [6, 6.07) is 5.34. The Morgan fingerprint density at radius 1 is 1.37 bits per heavy atom. The number of hydrogen-bond donors (Lipinski definition) is 1. The van der Waals surface area contributed by atoms with E-state index >= 15 is 0 Å². The largest absolute Gasteiger partial charge is 0.469 e. The normalized spacial score (nSPS) is 24.9. The number of rotatable bonds is 5. The summed E-state index contributed by atoms with van der Waals surface area (Å²) in [6.45, 7) is 7.13. The van der Waals surface area contributed by atoms with E-state index in [1.807, 2.05) is 6.07 Å². The molecule has 0 radical (unpaired) electrons. The monoisotopic (exact) mass is 263 g/mol. The summed E-state index contributed by atoms with van der Waals surface area (Å²) in [5, 5.41) is 3.82. The fraction of sp³-hybridized carbons (Fsp3) is 0.765. The van der Waals surface area contributed by atoms with Crippen molar-refractivity contribution in [2.24, 2.45) is 5.41 Å². The molecular formula is C17H29NO. The van der Waals surface area contributed by atoms with E-state index in [0.717, 1.165) is 18.6 Å². The van der Waals surface area contributed by atoms with E-state index in [1.54, 1.807) is 6.26 Å². The average Bonchev–Trinajstić information content (AvgIpc) is 2.80. The Morgan fingerprint density at radius 2 is 2.21 bits per heavy atom. The molecule has 1 saturated carbocycles. The van der Waals surface area contributed by atoms with E-state index in [4.69, 9.17) is 4.42 Å². The second-order valence-corrected chi connectivity index (χ2v) is 6.98. The van der Waals surface area contributed by atoms with Gasteiger partial charge in [0, 0.05) is 18.5 Å². The van der Waals surface area contributed by atoms with E-state index in [0.29, 0.717) is 17.5 Å². The summed E-state index contributed by atoms with van der Waals surface area (Å²) in [6.07, 6.45) is 10.7. The van der Waals surface area contributed by atoms with Crippen LogP contribution in [-0.2, 0) is 6.42 Å². The van der Waals surface area contributed by atoms with Gasteiger partial charge in [-0.15, -0.1) is 0 Å². The van der Waals surface area contributed by atoms with Gasteiger partial charge < -0.3 is 9.73 Å². The van der Waals surface area contributed by atoms with Gasteiger partial charge in [-0.3, -0.25) is 0 Å². The van der Waals surface area contributed by atoms with Crippen LogP contribution in [0.2, 0.25) is 0 Å². The second-order valence-electron chi connectivity index (χ2n) is 6.98. The van der Waals surface area contributed by atoms with E-state index in [1.165, 1.54) is 32.1 Å². The molecule has 0 spiro atoms. The molecule has 1 aliphatic rings. The zero-order chi connectivity index (χ0) is 13.7. The van der Waals surface area contributed by atoms with Gasteiger partial charge in [0.05, 0.1) is 6.26 Å². The van der Waals surface area contributed by atoms with E-state index in [-0.39, 0.29) is 0 Å². The molecule has 0 amide bonds. The van der Waals surface area contributed by atoms with E-state index in [2.05, 4.69) is 32.2 Å². The maximum absolute atomic E-state index is 5.39. The Morgan fingerprint density at radius 3 is 2.95 bits per heavy atom. The fourth-order valence-electron chi connectivity index (χ4n) is 3.13. The molecule has 19 heavy (non-hydrogen) atoms. The summed E-state index contributed by atoms with van der Waals surface area (Å²) >= 11 is 0. The number of aryl methyl sites for hydroxylation is 1. The molecule has 0 bridgehead atoms. The Bertz CT molecular complexity index is 355. The highest BCUT2D eigenvalue weighted by atomic mass is 16.3. The van der Waals surface area contributed by atoms with E-state index < -0.39 is 0 Å². The third kappa shape index (κ3) is 5.02. The second kappa shape index (κ2) is 6.60. The van der Waals surface area contributed by atoms with Crippen LogP contribution in [0.25, 0.3) is 0 Å². The first-order chi connectivity index (χ1) is 9.05. The quantitative estimate of drug-likeness (QED) is 0.788. The molecule has 2 nitrogen and oxygen atoms in total. The zero-order valence-corrected chi connectivity index (χ0v) is 12.7. The minimum absolute atomic E-state index is 0.549. The van der Waals surface area contributed by atoms with Gasteiger partial charge in [-0.2, -0.15) is 0 Å². The van der Waals surface area contributed by atoms with E-state index in [9.17, 15) is 0 Å². The van der Waals surface area contributed by atoms with Gasteiger partial charge >= 0.3 is 0 Å². The van der Waals surface area contributed by atoms with Gasteiger partial charge in [-0.25, -0.2) is 0 Å². The van der Waals surface area contributed by atoms with Crippen LogP contribution in [-0.4, -0.2) is 12.1 Å². The maximum Gasteiger partial charge on any atom is 0.103 e. The minimum atomic E-state index is 0.549. The predicted octanol–water partition coefficient (Wildman–Crippen LogP) is 4.55.